The van der Waals surface area contributed by atoms with E-state index >= 15 is 0 Å². The molecule has 6 rings (SSSR count). The van der Waals surface area contributed by atoms with Crippen LogP contribution in [-0.2, 0) is 32.8 Å². The number of aliphatic carboxylic acids is 1. The first-order chi connectivity index (χ1) is 21.0. The molecule has 2 fully saturated rings. The van der Waals surface area contributed by atoms with E-state index in [9.17, 15) is 24.4 Å². The first-order valence-electron chi connectivity index (χ1n) is 14.3. The molecule has 0 bridgehead atoms. The van der Waals surface area contributed by atoms with Gasteiger partial charge >= 0.3 is 5.97 Å². The summed E-state index contributed by atoms with van der Waals surface area (Å²) >= 11 is 0. The zero-order chi connectivity index (χ0) is 31.3. The lowest BCUT2D eigenvalue weighted by Crippen LogP contribution is -2.62. The molecular formula is C31H32N8O5. The number of fused-ring (bicyclic) bond motifs is 2. The molecule has 1 aliphatic carbocycles. The van der Waals surface area contributed by atoms with Gasteiger partial charge in [0, 0.05) is 61.8 Å². The number of nitrogens with one attached hydrogen (secondary N) is 1. The summed E-state index contributed by atoms with van der Waals surface area (Å²) in [6.45, 7) is 2.09. The van der Waals surface area contributed by atoms with Crippen LogP contribution < -0.4 is 5.32 Å². The molecule has 1 saturated carbocycles. The summed E-state index contributed by atoms with van der Waals surface area (Å²) < 4.78 is 3.41. The second-order valence-corrected chi connectivity index (χ2v) is 12.0. The van der Waals surface area contributed by atoms with Crippen LogP contribution in [0.2, 0.25) is 0 Å². The molecule has 0 atom stereocenters. The summed E-state index contributed by atoms with van der Waals surface area (Å²) in [7, 11) is 3.33. The molecule has 0 unspecified atom stereocenters. The third kappa shape index (κ3) is 5.02. The van der Waals surface area contributed by atoms with Crippen molar-refractivity contribution in [2.45, 2.75) is 32.2 Å². The Balaban J connectivity index is 1.38. The molecule has 44 heavy (non-hydrogen) atoms. The Labute approximate surface area is 252 Å². The highest BCUT2D eigenvalue weighted by Gasteiger charge is 2.54. The fourth-order valence-electron chi connectivity index (χ4n) is 6.61. The molecule has 2 aromatic heterocycles. The van der Waals surface area contributed by atoms with Crippen molar-refractivity contribution in [2.75, 3.05) is 33.2 Å². The molecule has 1 saturated heterocycles. The second-order valence-electron chi connectivity index (χ2n) is 12.0. The van der Waals surface area contributed by atoms with Crippen LogP contribution in [0.5, 0.6) is 0 Å². The van der Waals surface area contributed by atoms with E-state index in [1.54, 1.807) is 22.5 Å². The Morgan fingerprint density at radius 2 is 1.91 bits per heavy atom. The van der Waals surface area contributed by atoms with Crippen LogP contribution in [-0.4, -0.2) is 91.4 Å². The van der Waals surface area contributed by atoms with Crippen molar-refractivity contribution in [3.63, 3.8) is 0 Å². The number of hydrogen-bond donors (Lipinski definition) is 2. The van der Waals surface area contributed by atoms with Gasteiger partial charge in [-0.25, -0.2) is 0 Å². The third-order valence-electron chi connectivity index (χ3n) is 8.87. The molecule has 3 heterocycles. The molecule has 2 aromatic carbocycles. The molecule has 13 heteroatoms. The number of aromatic nitrogens is 4. The number of amides is 3. The summed E-state index contributed by atoms with van der Waals surface area (Å²) in [6.07, 6.45) is 3.45. The number of carbonyl (C=O) groups excluding carboxylic acids is 3. The van der Waals surface area contributed by atoms with Crippen molar-refractivity contribution >= 4 is 45.5 Å². The molecule has 226 valence electrons. The summed E-state index contributed by atoms with van der Waals surface area (Å²) in [5.41, 5.74) is 4.60. The van der Waals surface area contributed by atoms with Crippen LogP contribution in [0.15, 0.2) is 36.5 Å². The largest absolute Gasteiger partial charge is 0.480 e. The number of nitriles is 1. The van der Waals surface area contributed by atoms with Crippen molar-refractivity contribution in [1.82, 2.24) is 34.7 Å². The normalized spacial score (nSPS) is 15.5. The Kier molecular flexibility index (Phi) is 7.07. The molecule has 13 nitrogen and oxygen atoms in total. The molecule has 0 radical (unpaired) electrons. The van der Waals surface area contributed by atoms with E-state index in [0.717, 1.165) is 64.6 Å². The number of benzene rings is 2. The average Bonchev–Trinajstić information content (AvgIpc) is 3.49. The van der Waals surface area contributed by atoms with Crippen LogP contribution in [0.3, 0.4) is 0 Å². The van der Waals surface area contributed by atoms with Gasteiger partial charge in [0.1, 0.15) is 13.1 Å². The second kappa shape index (κ2) is 10.8. The molecular weight excluding hydrogens is 564 g/mol. The highest BCUT2D eigenvalue weighted by molar-refractivity contribution is 6.01. The van der Waals surface area contributed by atoms with Crippen molar-refractivity contribution in [2.24, 2.45) is 12.5 Å². The Morgan fingerprint density at radius 1 is 1.16 bits per heavy atom. The number of nitrogens with zero attached hydrogens (tertiary/aromatic N) is 7. The van der Waals surface area contributed by atoms with E-state index in [2.05, 4.69) is 16.5 Å². The van der Waals surface area contributed by atoms with E-state index in [0.29, 0.717) is 5.56 Å². The zero-order valence-corrected chi connectivity index (χ0v) is 24.7. The van der Waals surface area contributed by atoms with Crippen LogP contribution >= 0.6 is 0 Å². The molecule has 2 N–H and O–H groups in total. The number of likely N-dealkylation sites (N-methyl/N-ethyl adjacent to an activating group) is 1. The fraction of sp³-hybridized carbons (Fsp3) is 0.387. The van der Waals surface area contributed by atoms with Crippen molar-refractivity contribution in [1.29, 1.82) is 5.26 Å². The SMILES string of the molecule is CC(=O)N1CC2(CC(c3nn(CC(=O)N(C)CC(=O)NCC(=O)O)c4cccc(-c5cc6c(cnn6C)cc5C#N)c34)C2)C1. The first kappa shape index (κ1) is 28.9. The number of carbonyl (C=O) groups is 4. The van der Waals surface area contributed by atoms with Gasteiger partial charge in [-0.15, -0.1) is 0 Å². The average molecular weight is 597 g/mol. The Morgan fingerprint density at radius 3 is 2.59 bits per heavy atom. The number of carboxylic acids is 1. The van der Waals surface area contributed by atoms with Gasteiger partial charge in [-0.05, 0) is 36.6 Å². The summed E-state index contributed by atoms with van der Waals surface area (Å²) in [5, 5.41) is 32.2. The Bertz CT molecular complexity index is 1890. The summed E-state index contributed by atoms with van der Waals surface area (Å²) in [4.78, 5) is 51.1. The topological polar surface area (TPSA) is 166 Å². The summed E-state index contributed by atoms with van der Waals surface area (Å²) in [5.74, 6) is -1.94. The minimum atomic E-state index is -1.17. The smallest absolute Gasteiger partial charge is 0.322 e. The van der Waals surface area contributed by atoms with Gasteiger partial charge in [0.2, 0.25) is 17.7 Å². The quantitative estimate of drug-likeness (QED) is 0.311. The third-order valence-corrected chi connectivity index (χ3v) is 8.87. The van der Waals surface area contributed by atoms with E-state index < -0.39 is 18.4 Å². The first-order valence-corrected chi connectivity index (χ1v) is 14.3. The van der Waals surface area contributed by atoms with Gasteiger partial charge in [0.05, 0.1) is 41.1 Å². The molecule has 4 aromatic rings. The lowest BCUT2D eigenvalue weighted by molar-refractivity contribution is -0.149. The highest BCUT2D eigenvalue weighted by Crippen LogP contribution is 2.57. The van der Waals surface area contributed by atoms with Crippen LogP contribution in [0.25, 0.3) is 32.9 Å². The predicted molar refractivity (Wildman–Crippen MR) is 159 cm³/mol. The van der Waals surface area contributed by atoms with Gasteiger partial charge in [-0.1, -0.05) is 12.1 Å². The standard InChI is InChI=1S/C31H32N8O5/c1-18(40)38-16-31(17-38)9-21(10-31)30-29-22(23-8-25-20(7-19(23)11-32)12-34-37(25)3)5-4-6-24(29)39(35-30)15-27(42)36(2)14-26(41)33-13-28(43)44/h4-8,12,21H,9-10,13-17H2,1-3H3,(H,33,41)(H,43,44). The molecule has 1 spiro atoms. The van der Waals surface area contributed by atoms with Crippen molar-refractivity contribution in [3.05, 3.63) is 47.8 Å². The van der Waals surface area contributed by atoms with Gasteiger partial charge in [-0.2, -0.15) is 15.5 Å². The number of hydrogen-bond acceptors (Lipinski definition) is 7. The number of carboxylic acid groups (broad SMARTS) is 1. The maximum absolute atomic E-state index is 13.2. The van der Waals surface area contributed by atoms with Crippen molar-refractivity contribution < 1.29 is 24.3 Å². The van der Waals surface area contributed by atoms with E-state index in [1.165, 1.54) is 11.9 Å². The lowest BCUT2D eigenvalue weighted by atomic mass is 9.56. The van der Waals surface area contributed by atoms with Crippen LogP contribution in [0.4, 0.5) is 0 Å². The highest BCUT2D eigenvalue weighted by atomic mass is 16.4. The fourth-order valence-corrected chi connectivity index (χ4v) is 6.61. The lowest BCUT2D eigenvalue weighted by Gasteiger charge is -2.58. The Hall–Kier alpha value is -5.25. The molecule has 3 amide bonds. The van der Waals surface area contributed by atoms with Crippen LogP contribution in [0, 0.1) is 16.7 Å². The summed E-state index contributed by atoms with van der Waals surface area (Å²) in [6, 6.07) is 11.9. The van der Waals surface area contributed by atoms with Gasteiger partial charge in [0.15, 0.2) is 0 Å². The minimum absolute atomic E-state index is 0.0740. The maximum atomic E-state index is 13.2. The zero-order valence-electron chi connectivity index (χ0n) is 24.7. The number of aryl methyl sites for hydroxylation is 1. The number of likely N-dealkylation sites (tertiary alicyclic amines) is 1. The monoisotopic (exact) mass is 596 g/mol. The van der Waals surface area contributed by atoms with Gasteiger partial charge in [-0.3, -0.25) is 28.5 Å². The van der Waals surface area contributed by atoms with E-state index in [-0.39, 0.29) is 36.2 Å². The number of rotatable bonds is 8. The van der Waals surface area contributed by atoms with Gasteiger partial charge in [0.25, 0.3) is 0 Å². The van der Waals surface area contributed by atoms with E-state index in [1.807, 2.05) is 42.3 Å². The molecule has 2 aliphatic rings. The van der Waals surface area contributed by atoms with Crippen molar-refractivity contribution in [3.8, 4) is 17.2 Å². The van der Waals surface area contributed by atoms with Crippen LogP contribution in [0.1, 0.15) is 36.9 Å². The van der Waals surface area contributed by atoms with Gasteiger partial charge < -0.3 is 20.2 Å². The predicted octanol–water partition coefficient (Wildman–Crippen LogP) is 1.85. The van der Waals surface area contributed by atoms with E-state index in [4.69, 9.17) is 10.2 Å². The maximum Gasteiger partial charge on any atom is 0.322 e. The molecule has 1 aliphatic heterocycles. The minimum Gasteiger partial charge on any atom is -0.480 e.